The fourth-order valence-electron chi connectivity index (χ4n) is 1.70. The summed E-state index contributed by atoms with van der Waals surface area (Å²) in [5, 5.41) is 19.6. The van der Waals surface area contributed by atoms with Crippen LogP contribution in [0, 0.1) is 21.7 Å². The molecule has 2 aromatic rings. The molecule has 0 radical (unpaired) electrons. The number of hydrazone groups is 1. The molecular formula is C13H10F2N4O4S. The molecule has 0 aliphatic rings. The Labute approximate surface area is 134 Å². The Morgan fingerprint density at radius 2 is 1.88 bits per heavy atom. The number of nitrogens with two attached hydrogens (primary N) is 1. The number of hydrogen-bond acceptors (Lipinski definition) is 6. The molecule has 0 amide bonds. The van der Waals surface area contributed by atoms with Crippen LogP contribution in [0.5, 0.6) is 0 Å². The Hall–Kier alpha value is -2.92. The maximum atomic E-state index is 13.0. The Kier molecular flexibility index (Phi) is 4.85. The van der Waals surface area contributed by atoms with Crippen molar-refractivity contribution in [2.75, 3.05) is 5.43 Å². The van der Waals surface area contributed by atoms with Crippen LogP contribution < -0.4 is 10.6 Å². The lowest BCUT2D eigenvalue weighted by molar-refractivity contribution is -0.384. The van der Waals surface area contributed by atoms with Crippen LogP contribution >= 0.6 is 0 Å². The fourth-order valence-corrected chi connectivity index (χ4v) is 2.24. The van der Waals surface area contributed by atoms with E-state index in [1.807, 2.05) is 0 Å². The van der Waals surface area contributed by atoms with Crippen LogP contribution in [0.1, 0.15) is 5.56 Å². The molecule has 0 atom stereocenters. The van der Waals surface area contributed by atoms with Crippen LogP contribution in [0.2, 0.25) is 0 Å². The number of primary sulfonamides is 1. The molecule has 0 fully saturated rings. The highest BCUT2D eigenvalue weighted by molar-refractivity contribution is 7.89. The first-order valence-corrected chi connectivity index (χ1v) is 7.78. The normalized spacial score (nSPS) is 11.6. The summed E-state index contributed by atoms with van der Waals surface area (Å²) >= 11 is 0. The van der Waals surface area contributed by atoms with Gasteiger partial charge < -0.3 is 0 Å². The summed E-state index contributed by atoms with van der Waals surface area (Å²) in [7, 11) is -4.10. The zero-order chi connectivity index (χ0) is 17.9. The second-order valence-electron chi connectivity index (χ2n) is 4.52. The van der Waals surface area contributed by atoms with E-state index in [0.717, 1.165) is 36.5 Å². The SMILES string of the molecule is NS(=O)(=O)c1ccc(N/N=C\c2ccc(F)c(F)c2)c([N+](=O)[O-])c1. The van der Waals surface area contributed by atoms with Crippen LogP contribution in [0.15, 0.2) is 46.4 Å². The molecule has 0 aliphatic carbocycles. The largest absolute Gasteiger partial charge is 0.295 e. The van der Waals surface area contributed by atoms with Gasteiger partial charge in [-0.3, -0.25) is 15.5 Å². The van der Waals surface area contributed by atoms with Crippen molar-refractivity contribution in [2.24, 2.45) is 10.2 Å². The van der Waals surface area contributed by atoms with Gasteiger partial charge in [0.05, 0.1) is 16.0 Å². The summed E-state index contributed by atoms with van der Waals surface area (Å²) in [5.74, 6) is -2.09. The van der Waals surface area contributed by atoms with Gasteiger partial charge in [0.1, 0.15) is 5.69 Å². The third-order valence-electron chi connectivity index (χ3n) is 2.84. The van der Waals surface area contributed by atoms with E-state index in [4.69, 9.17) is 5.14 Å². The van der Waals surface area contributed by atoms with Crippen LogP contribution in [-0.4, -0.2) is 19.6 Å². The monoisotopic (exact) mass is 356 g/mol. The maximum absolute atomic E-state index is 13.0. The van der Waals surface area contributed by atoms with Gasteiger partial charge in [-0.2, -0.15) is 5.10 Å². The second-order valence-corrected chi connectivity index (χ2v) is 6.09. The van der Waals surface area contributed by atoms with Crippen LogP contribution in [0.3, 0.4) is 0 Å². The predicted octanol–water partition coefficient (Wildman–Crippen LogP) is 1.97. The highest BCUT2D eigenvalue weighted by Gasteiger charge is 2.18. The van der Waals surface area contributed by atoms with E-state index in [9.17, 15) is 27.3 Å². The molecule has 2 aromatic carbocycles. The number of sulfonamides is 1. The van der Waals surface area contributed by atoms with E-state index in [1.54, 1.807) is 0 Å². The fraction of sp³-hybridized carbons (Fsp3) is 0. The first-order valence-electron chi connectivity index (χ1n) is 6.24. The topological polar surface area (TPSA) is 128 Å². The van der Waals surface area contributed by atoms with E-state index >= 15 is 0 Å². The molecule has 0 saturated heterocycles. The molecule has 0 heterocycles. The smallest absolute Gasteiger partial charge is 0.272 e. The first-order chi connectivity index (χ1) is 11.2. The molecule has 3 N–H and O–H groups in total. The minimum atomic E-state index is -4.10. The van der Waals surface area contributed by atoms with Gasteiger partial charge in [0, 0.05) is 6.07 Å². The lowest BCUT2D eigenvalue weighted by Crippen LogP contribution is -2.12. The molecule has 0 unspecified atom stereocenters. The number of anilines is 1. The number of halogens is 2. The van der Waals surface area contributed by atoms with Gasteiger partial charge in [-0.15, -0.1) is 0 Å². The minimum Gasteiger partial charge on any atom is -0.272 e. The molecule has 126 valence electrons. The number of nitrogens with one attached hydrogen (secondary N) is 1. The van der Waals surface area contributed by atoms with Crippen molar-refractivity contribution < 1.29 is 22.1 Å². The summed E-state index contributed by atoms with van der Waals surface area (Å²) in [5.41, 5.74) is 1.87. The van der Waals surface area contributed by atoms with Gasteiger partial charge in [0.15, 0.2) is 11.6 Å². The second kappa shape index (κ2) is 6.68. The van der Waals surface area contributed by atoms with Crippen LogP contribution in [-0.2, 0) is 10.0 Å². The minimum absolute atomic E-state index is 0.105. The van der Waals surface area contributed by atoms with Gasteiger partial charge in [-0.1, -0.05) is 6.07 Å². The summed E-state index contributed by atoms with van der Waals surface area (Å²) in [6, 6.07) is 6.00. The molecule has 0 aliphatic heterocycles. The summed E-state index contributed by atoms with van der Waals surface area (Å²) in [4.78, 5) is 9.76. The average molecular weight is 356 g/mol. The number of hydrogen-bond donors (Lipinski definition) is 2. The highest BCUT2D eigenvalue weighted by Crippen LogP contribution is 2.27. The Bertz CT molecular complexity index is 932. The van der Waals surface area contributed by atoms with Crippen molar-refractivity contribution in [2.45, 2.75) is 4.90 Å². The maximum Gasteiger partial charge on any atom is 0.295 e. The van der Waals surface area contributed by atoms with Crippen molar-refractivity contribution in [3.8, 4) is 0 Å². The number of benzene rings is 2. The number of nitro groups is 1. The molecule has 0 bridgehead atoms. The quantitative estimate of drug-likeness (QED) is 0.481. The van der Waals surface area contributed by atoms with Gasteiger partial charge >= 0.3 is 0 Å². The summed E-state index contributed by atoms with van der Waals surface area (Å²) in [6.45, 7) is 0. The summed E-state index contributed by atoms with van der Waals surface area (Å²) < 4.78 is 48.3. The summed E-state index contributed by atoms with van der Waals surface area (Å²) in [6.07, 6.45) is 1.11. The Morgan fingerprint density at radius 1 is 1.17 bits per heavy atom. The lowest BCUT2D eigenvalue weighted by Gasteiger charge is -2.04. The Balaban J connectivity index is 2.27. The number of rotatable bonds is 5. The molecule has 0 aromatic heterocycles. The van der Waals surface area contributed by atoms with E-state index in [2.05, 4.69) is 10.5 Å². The van der Waals surface area contributed by atoms with Crippen LogP contribution in [0.25, 0.3) is 0 Å². The zero-order valence-corrected chi connectivity index (χ0v) is 12.6. The van der Waals surface area contributed by atoms with Gasteiger partial charge in [-0.05, 0) is 29.8 Å². The highest BCUT2D eigenvalue weighted by atomic mass is 32.2. The third-order valence-corrected chi connectivity index (χ3v) is 3.75. The molecule has 0 saturated carbocycles. The van der Waals surface area contributed by atoms with Crippen molar-refractivity contribution in [3.63, 3.8) is 0 Å². The van der Waals surface area contributed by atoms with E-state index in [-0.39, 0.29) is 11.3 Å². The zero-order valence-electron chi connectivity index (χ0n) is 11.8. The Morgan fingerprint density at radius 3 is 2.46 bits per heavy atom. The molecule has 8 nitrogen and oxygen atoms in total. The molecule has 2 rings (SSSR count). The predicted molar refractivity (Wildman–Crippen MR) is 82.0 cm³/mol. The van der Waals surface area contributed by atoms with Crippen molar-refractivity contribution in [1.82, 2.24) is 0 Å². The first kappa shape index (κ1) is 17.4. The van der Waals surface area contributed by atoms with E-state index in [1.165, 1.54) is 6.07 Å². The molecular weight excluding hydrogens is 346 g/mol. The van der Waals surface area contributed by atoms with Gasteiger partial charge in [0.25, 0.3) is 5.69 Å². The lowest BCUT2D eigenvalue weighted by atomic mass is 10.2. The molecule has 24 heavy (non-hydrogen) atoms. The average Bonchev–Trinajstić information content (AvgIpc) is 2.50. The van der Waals surface area contributed by atoms with Crippen molar-refractivity contribution in [1.29, 1.82) is 0 Å². The van der Waals surface area contributed by atoms with Crippen molar-refractivity contribution in [3.05, 3.63) is 63.7 Å². The standard InChI is InChI=1S/C13H10F2N4O4S/c14-10-3-1-8(5-11(10)15)7-17-18-12-4-2-9(24(16,22)23)6-13(12)19(20)21/h1-7,18H,(H2,16,22,23)/b17-7-. The molecule has 0 spiro atoms. The number of nitro benzene ring substituents is 1. The van der Waals surface area contributed by atoms with E-state index in [0.29, 0.717) is 0 Å². The van der Waals surface area contributed by atoms with E-state index < -0.39 is 37.2 Å². The third kappa shape index (κ3) is 4.08. The van der Waals surface area contributed by atoms with Crippen LogP contribution in [0.4, 0.5) is 20.2 Å². The van der Waals surface area contributed by atoms with Gasteiger partial charge in [-0.25, -0.2) is 22.3 Å². The molecule has 11 heteroatoms. The van der Waals surface area contributed by atoms with Crippen molar-refractivity contribution >= 4 is 27.6 Å². The number of nitrogens with zero attached hydrogens (tertiary/aromatic N) is 2. The van der Waals surface area contributed by atoms with Gasteiger partial charge in [0.2, 0.25) is 10.0 Å².